The molecule has 2 heterocycles. The van der Waals surface area contributed by atoms with E-state index in [0.29, 0.717) is 0 Å². The number of carbonyl (C=O) groups excluding carboxylic acids is 1. The summed E-state index contributed by atoms with van der Waals surface area (Å²) < 4.78 is 6.00. The average molecular weight is 577 g/mol. The van der Waals surface area contributed by atoms with E-state index in [1.807, 2.05) is 54.6 Å². The molecule has 1 radical (unpaired) electrons. The van der Waals surface area contributed by atoms with Crippen molar-refractivity contribution >= 4 is 16.9 Å². The quantitative estimate of drug-likeness (QED) is 0.177. The molecule has 155 valence electrons. The van der Waals surface area contributed by atoms with Crippen LogP contribution in [0.15, 0.2) is 83.0 Å². The van der Waals surface area contributed by atoms with Crippen molar-refractivity contribution in [1.82, 2.24) is 4.98 Å². The van der Waals surface area contributed by atoms with Crippen LogP contribution in [0.5, 0.6) is 0 Å². The van der Waals surface area contributed by atoms with Crippen molar-refractivity contribution in [2.75, 3.05) is 0 Å². The molecule has 30 heavy (non-hydrogen) atoms. The Bertz CT molecular complexity index is 1150. The van der Waals surface area contributed by atoms with E-state index in [1.54, 1.807) is 0 Å². The fourth-order valence-electron chi connectivity index (χ4n) is 2.95. The van der Waals surface area contributed by atoms with Crippen LogP contribution in [0, 0.1) is 13.0 Å². The van der Waals surface area contributed by atoms with Crippen LogP contribution >= 0.6 is 0 Å². The summed E-state index contributed by atoms with van der Waals surface area (Å²) in [5, 5.41) is 8.36. The summed E-state index contributed by atoms with van der Waals surface area (Å²) in [6, 6.07) is 25.2. The van der Waals surface area contributed by atoms with Crippen LogP contribution < -0.4 is 0 Å². The summed E-state index contributed by atoms with van der Waals surface area (Å²) in [6.07, 6.45) is 1.17. The second-order valence-electron chi connectivity index (χ2n) is 6.64. The van der Waals surface area contributed by atoms with Crippen molar-refractivity contribution in [3.8, 4) is 22.6 Å². The molecule has 0 spiro atoms. The third-order valence-electron chi connectivity index (χ3n) is 4.20. The Morgan fingerprint density at radius 1 is 1.03 bits per heavy atom. The Balaban J connectivity index is 0.000000350. The van der Waals surface area contributed by atoms with Gasteiger partial charge in [-0.15, -0.1) is 35.9 Å². The molecule has 2 aromatic carbocycles. The normalized spacial score (nSPS) is 10.7. The van der Waals surface area contributed by atoms with Gasteiger partial charge in [-0.2, -0.15) is 0 Å². The number of aliphatic hydroxyl groups excluding tert-OH is 1. The minimum absolute atomic E-state index is 0. The molecule has 4 nitrogen and oxygen atoms in total. The standard InChI is InChI=1S/C20H14NO.C5H8O2.Ir/c1-14-19-18(22-20(14)16-10-6-3-7-11-16)13-12-17(21-19)15-8-4-2-5-9-15;1-4(6)3-5(2)7;/h2-8,10-13H,1H3;3,6H,1-2H3;/q-1;;/b;4-3-;. The zero-order valence-corrected chi connectivity index (χ0v) is 19.4. The number of aliphatic hydroxyl groups is 1. The Hall–Kier alpha value is -3.01. The van der Waals surface area contributed by atoms with Crippen molar-refractivity contribution in [2.45, 2.75) is 20.8 Å². The first kappa shape index (κ1) is 23.3. The van der Waals surface area contributed by atoms with Crippen LogP contribution in [0.2, 0.25) is 0 Å². The van der Waals surface area contributed by atoms with Gasteiger partial charge in [0.15, 0.2) is 11.4 Å². The number of aryl methyl sites for hydroxylation is 1. The molecule has 0 bridgehead atoms. The monoisotopic (exact) mass is 577 g/mol. The fourth-order valence-corrected chi connectivity index (χ4v) is 2.95. The molecule has 2 aromatic heterocycles. The van der Waals surface area contributed by atoms with Crippen LogP contribution in [0.25, 0.3) is 33.7 Å². The van der Waals surface area contributed by atoms with Gasteiger partial charge in [-0.1, -0.05) is 36.4 Å². The molecule has 0 aliphatic carbocycles. The van der Waals surface area contributed by atoms with Gasteiger partial charge in [0.2, 0.25) is 0 Å². The summed E-state index contributed by atoms with van der Waals surface area (Å²) >= 11 is 0. The second-order valence-corrected chi connectivity index (χ2v) is 6.64. The second kappa shape index (κ2) is 10.7. The van der Waals surface area contributed by atoms with E-state index < -0.39 is 0 Å². The van der Waals surface area contributed by atoms with E-state index in [1.165, 1.54) is 19.9 Å². The maximum atomic E-state index is 10.0. The van der Waals surface area contributed by atoms with Gasteiger partial charge in [-0.25, -0.2) is 0 Å². The molecule has 5 heteroatoms. The number of hydrogen-bond acceptors (Lipinski definition) is 4. The molecular weight excluding hydrogens is 554 g/mol. The van der Waals surface area contributed by atoms with Gasteiger partial charge < -0.3 is 9.52 Å². The molecule has 4 aromatic rings. The smallest absolute Gasteiger partial charge is 0.155 e. The number of carbonyl (C=O) groups is 1. The van der Waals surface area contributed by atoms with Gasteiger partial charge in [-0.05, 0) is 32.5 Å². The number of pyridine rings is 1. The first-order valence-corrected chi connectivity index (χ1v) is 9.26. The van der Waals surface area contributed by atoms with E-state index in [2.05, 4.69) is 25.1 Å². The maximum Gasteiger partial charge on any atom is 0.155 e. The Kier molecular flexibility index (Phi) is 8.28. The molecule has 0 saturated heterocycles. The van der Waals surface area contributed by atoms with Crippen LogP contribution in [-0.2, 0) is 24.9 Å². The van der Waals surface area contributed by atoms with Crippen molar-refractivity contribution in [3.63, 3.8) is 0 Å². The van der Waals surface area contributed by atoms with Crippen molar-refractivity contribution < 1.29 is 34.4 Å². The van der Waals surface area contributed by atoms with Crippen LogP contribution in [0.3, 0.4) is 0 Å². The molecule has 0 aliphatic rings. The molecule has 0 unspecified atom stereocenters. The van der Waals surface area contributed by atoms with E-state index in [0.717, 1.165) is 39.2 Å². The Labute approximate surface area is 189 Å². The summed E-state index contributed by atoms with van der Waals surface area (Å²) in [5.41, 5.74) is 5.78. The van der Waals surface area contributed by atoms with Crippen LogP contribution in [0.1, 0.15) is 19.4 Å². The van der Waals surface area contributed by atoms with Gasteiger partial charge >= 0.3 is 0 Å². The predicted molar refractivity (Wildman–Crippen MR) is 116 cm³/mol. The Morgan fingerprint density at radius 3 is 2.30 bits per heavy atom. The van der Waals surface area contributed by atoms with Crippen molar-refractivity contribution in [2.24, 2.45) is 0 Å². The summed E-state index contributed by atoms with van der Waals surface area (Å²) in [4.78, 5) is 14.8. The van der Waals surface area contributed by atoms with Crippen molar-refractivity contribution in [3.05, 3.63) is 90.2 Å². The number of fused-ring (bicyclic) bond motifs is 1. The number of furan rings is 1. The SMILES string of the molecule is CC(=O)/C=C(/C)O.Cc1c(-c2ccccc2)oc2ccc(-c3[c-]cccc3)nc12.[Ir]. The molecular formula is C25H22IrNO3-. The first-order chi connectivity index (χ1) is 14.0. The third kappa shape index (κ3) is 5.75. The average Bonchev–Trinajstić information content (AvgIpc) is 3.05. The largest absolute Gasteiger partial charge is 0.512 e. The zero-order chi connectivity index (χ0) is 20.8. The predicted octanol–water partition coefficient (Wildman–Crippen LogP) is 6.31. The molecule has 0 aliphatic heterocycles. The molecule has 0 atom stereocenters. The minimum atomic E-state index is -0.125. The summed E-state index contributed by atoms with van der Waals surface area (Å²) in [6.45, 7) is 4.90. The maximum absolute atomic E-state index is 10.0. The zero-order valence-electron chi connectivity index (χ0n) is 17.0. The third-order valence-corrected chi connectivity index (χ3v) is 4.20. The van der Waals surface area contributed by atoms with Gasteiger partial charge in [0.05, 0.1) is 5.76 Å². The molecule has 0 amide bonds. The first-order valence-electron chi connectivity index (χ1n) is 9.26. The van der Waals surface area contributed by atoms with Gasteiger partial charge in [-0.3, -0.25) is 9.78 Å². The number of benzene rings is 2. The van der Waals surface area contributed by atoms with Crippen molar-refractivity contribution in [1.29, 1.82) is 0 Å². The van der Waals surface area contributed by atoms with Gasteiger partial charge in [0, 0.05) is 37.3 Å². The number of allylic oxidation sites excluding steroid dienone is 2. The molecule has 4 rings (SSSR count). The van der Waals surface area contributed by atoms with E-state index in [-0.39, 0.29) is 31.6 Å². The van der Waals surface area contributed by atoms with Crippen LogP contribution in [0.4, 0.5) is 0 Å². The molecule has 1 N–H and O–H groups in total. The molecule has 0 saturated carbocycles. The van der Waals surface area contributed by atoms with E-state index in [9.17, 15) is 4.79 Å². The summed E-state index contributed by atoms with van der Waals surface area (Å²) in [5.74, 6) is 0.824. The number of nitrogens with zero attached hydrogens (tertiary/aromatic N) is 1. The van der Waals surface area contributed by atoms with Gasteiger partial charge in [0.25, 0.3) is 0 Å². The van der Waals surface area contributed by atoms with E-state index >= 15 is 0 Å². The topological polar surface area (TPSA) is 63.3 Å². The molecule has 0 fully saturated rings. The van der Waals surface area contributed by atoms with E-state index in [4.69, 9.17) is 14.5 Å². The van der Waals surface area contributed by atoms with Crippen LogP contribution in [-0.4, -0.2) is 15.9 Å². The van der Waals surface area contributed by atoms with Gasteiger partial charge in [0.1, 0.15) is 11.3 Å². The number of hydrogen-bond donors (Lipinski definition) is 1. The number of rotatable bonds is 3. The summed E-state index contributed by atoms with van der Waals surface area (Å²) in [7, 11) is 0. The Morgan fingerprint density at radius 2 is 1.73 bits per heavy atom. The number of aromatic nitrogens is 1. The fraction of sp³-hybridized carbons (Fsp3) is 0.120. The number of ketones is 1. The minimum Gasteiger partial charge on any atom is -0.512 e.